The van der Waals surface area contributed by atoms with Gasteiger partial charge in [-0.25, -0.2) is 0 Å². The lowest BCUT2D eigenvalue weighted by Gasteiger charge is -2.28. The van der Waals surface area contributed by atoms with Crippen molar-refractivity contribution in [2.24, 2.45) is 10.9 Å². The van der Waals surface area contributed by atoms with Gasteiger partial charge in [0.25, 0.3) is 0 Å². The van der Waals surface area contributed by atoms with Gasteiger partial charge in [-0.15, -0.1) is 11.3 Å². The predicted molar refractivity (Wildman–Crippen MR) is 87.8 cm³/mol. The van der Waals surface area contributed by atoms with E-state index in [0.717, 1.165) is 10.2 Å². The normalized spacial score (nSPS) is 13.2. The Hall–Kier alpha value is -1.53. The highest BCUT2D eigenvalue weighted by Crippen LogP contribution is 2.32. The van der Waals surface area contributed by atoms with Gasteiger partial charge < -0.3 is 15.8 Å². The van der Waals surface area contributed by atoms with Crippen molar-refractivity contribution >= 4 is 38.8 Å². The molecule has 0 amide bonds. The molecule has 20 heavy (non-hydrogen) atoms. The average molecular weight is 354 g/mol. The number of hydrogen-bond acceptors (Lipinski definition) is 4. The van der Waals surface area contributed by atoms with E-state index in [1.165, 1.54) is 4.88 Å². The summed E-state index contributed by atoms with van der Waals surface area (Å²) in [6.07, 6.45) is 0. The second-order valence-electron chi connectivity index (χ2n) is 4.45. The van der Waals surface area contributed by atoms with Crippen LogP contribution in [0.2, 0.25) is 0 Å². The molecule has 0 aliphatic rings. The van der Waals surface area contributed by atoms with Crippen LogP contribution in [-0.2, 0) is 0 Å². The van der Waals surface area contributed by atoms with Crippen LogP contribution in [0.4, 0.5) is 5.69 Å². The van der Waals surface area contributed by atoms with E-state index < -0.39 is 0 Å². The molecule has 0 aliphatic carbocycles. The Labute approximate surface area is 130 Å². The third-order valence-corrected chi connectivity index (χ3v) is 4.80. The lowest BCUT2D eigenvalue weighted by atomic mass is 10.1. The second kappa shape index (κ2) is 6.28. The average Bonchev–Trinajstić information content (AvgIpc) is 2.99. The minimum Gasteiger partial charge on any atom is -0.409 e. The Morgan fingerprint density at radius 2 is 2.20 bits per heavy atom. The highest BCUT2D eigenvalue weighted by Gasteiger charge is 2.18. The number of hydrogen-bond donors (Lipinski definition) is 2. The highest BCUT2D eigenvalue weighted by molar-refractivity contribution is 9.10. The molecule has 6 heteroatoms. The lowest BCUT2D eigenvalue weighted by molar-refractivity contribution is 0.318. The summed E-state index contributed by atoms with van der Waals surface area (Å²) in [4.78, 5) is 3.38. The van der Waals surface area contributed by atoms with Crippen molar-refractivity contribution in [1.29, 1.82) is 0 Å². The van der Waals surface area contributed by atoms with E-state index in [1.54, 1.807) is 11.3 Å². The molecule has 1 aromatic carbocycles. The van der Waals surface area contributed by atoms with E-state index in [1.807, 2.05) is 31.3 Å². The Kier molecular flexibility index (Phi) is 4.67. The zero-order valence-electron chi connectivity index (χ0n) is 11.2. The van der Waals surface area contributed by atoms with Crippen LogP contribution in [0, 0.1) is 0 Å². The Morgan fingerprint density at radius 1 is 1.45 bits per heavy atom. The summed E-state index contributed by atoms with van der Waals surface area (Å²) in [5, 5.41) is 14.1. The molecule has 0 radical (unpaired) electrons. The van der Waals surface area contributed by atoms with Crippen molar-refractivity contribution < 1.29 is 5.21 Å². The third-order valence-electron chi connectivity index (χ3n) is 3.26. The van der Waals surface area contributed by atoms with Gasteiger partial charge in [-0.2, -0.15) is 0 Å². The zero-order valence-corrected chi connectivity index (χ0v) is 13.6. The van der Waals surface area contributed by atoms with Crippen LogP contribution in [0.25, 0.3) is 0 Å². The summed E-state index contributed by atoms with van der Waals surface area (Å²) >= 11 is 5.18. The van der Waals surface area contributed by atoms with E-state index in [9.17, 15) is 0 Å². The minimum atomic E-state index is 0.109. The van der Waals surface area contributed by atoms with Crippen molar-refractivity contribution in [3.8, 4) is 0 Å². The molecule has 0 saturated carbocycles. The van der Waals surface area contributed by atoms with Crippen molar-refractivity contribution in [3.63, 3.8) is 0 Å². The molecule has 1 aromatic heterocycles. The first-order valence-corrected chi connectivity index (χ1v) is 7.75. The van der Waals surface area contributed by atoms with Gasteiger partial charge in [0.05, 0.1) is 6.04 Å². The summed E-state index contributed by atoms with van der Waals surface area (Å²) in [6.45, 7) is 2.13. The van der Waals surface area contributed by atoms with Gasteiger partial charge in [0, 0.05) is 27.6 Å². The molecule has 1 atom stereocenters. The van der Waals surface area contributed by atoms with Gasteiger partial charge in [-0.1, -0.05) is 27.2 Å². The van der Waals surface area contributed by atoms with E-state index in [-0.39, 0.29) is 11.9 Å². The van der Waals surface area contributed by atoms with Crippen molar-refractivity contribution in [1.82, 2.24) is 0 Å². The summed E-state index contributed by atoms with van der Waals surface area (Å²) in [7, 11) is 2.00. The number of rotatable bonds is 4. The van der Waals surface area contributed by atoms with Crippen molar-refractivity contribution in [2.75, 3.05) is 11.9 Å². The summed E-state index contributed by atoms with van der Waals surface area (Å²) < 4.78 is 0.951. The number of halogens is 1. The number of nitrogens with zero attached hydrogens (tertiary/aromatic N) is 2. The van der Waals surface area contributed by atoms with Gasteiger partial charge in [-0.3, -0.25) is 0 Å². The van der Waals surface area contributed by atoms with E-state index in [0.29, 0.717) is 5.56 Å². The van der Waals surface area contributed by atoms with Gasteiger partial charge in [0.1, 0.15) is 0 Å². The molecule has 106 valence electrons. The SMILES string of the molecule is CC(c1cccs1)N(C)c1cc(Br)ccc1/C(N)=N/O. The van der Waals surface area contributed by atoms with Crippen LogP contribution in [0.15, 0.2) is 45.3 Å². The van der Waals surface area contributed by atoms with E-state index in [4.69, 9.17) is 10.9 Å². The topological polar surface area (TPSA) is 61.8 Å². The maximum absolute atomic E-state index is 8.92. The predicted octanol–water partition coefficient (Wildman–Crippen LogP) is 3.80. The Bertz CT molecular complexity index is 613. The molecule has 0 fully saturated rings. The fourth-order valence-electron chi connectivity index (χ4n) is 2.00. The number of benzene rings is 1. The molecular formula is C14H16BrN3OS. The van der Waals surface area contributed by atoms with E-state index in [2.05, 4.69) is 44.4 Å². The zero-order chi connectivity index (χ0) is 14.7. The van der Waals surface area contributed by atoms with Crippen LogP contribution in [0.3, 0.4) is 0 Å². The first-order valence-electron chi connectivity index (χ1n) is 6.08. The smallest absolute Gasteiger partial charge is 0.172 e. The quantitative estimate of drug-likeness (QED) is 0.380. The standard InChI is InChI=1S/C14H16BrN3OS/c1-9(13-4-3-7-20-13)18(2)12-8-10(15)5-6-11(12)14(16)17-19/h3-9,19H,1-2H3,(H2,16,17). The first kappa shape index (κ1) is 14.9. The van der Waals surface area contributed by atoms with Crippen LogP contribution < -0.4 is 10.6 Å². The fraction of sp³-hybridized carbons (Fsp3) is 0.214. The van der Waals surface area contributed by atoms with Crippen molar-refractivity contribution in [2.45, 2.75) is 13.0 Å². The third kappa shape index (κ3) is 2.96. The molecule has 2 rings (SSSR count). The van der Waals surface area contributed by atoms with Gasteiger partial charge in [-0.05, 0) is 36.6 Å². The molecule has 0 aliphatic heterocycles. The maximum Gasteiger partial charge on any atom is 0.172 e. The van der Waals surface area contributed by atoms with Gasteiger partial charge >= 0.3 is 0 Å². The minimum absolute atomic E-state index is 0.109. The van der Waals surface area contributed by atoms with Gasteiger partial charge in [0.15, 0.2) is 5.84 Å². The molecule has 4 nitrogen and oxygen atoms in total. The number of anilines is 1. The monoisotopic (exact) mass is 353 g/mol. The second-order valence-corrected chi connectivity index (χ2v) is 6.34. The molecule has 1 unspecified atom stereocenters. The molecule has 0 spiro atoms. The summed E-state index contributed by atoms with van der Waals surface area (Å²) in [5.74, 6) is 0.109. The van der Waals surface area contributed by atoms with Crippen molar-refractivity contribution in [3.05, 3.63) is 50.6 Å². The highest BCUT2D eigenvalue weighted by atomic mass is 79.9. The molecule has 1 heterocycles. The molecule has 3 N–H and O–H groups in total. The molecule has 0 saturated heterocycles. The Balaban J connectivity index is 2.43. The molecular weight excluding hydrogens is 338 g/mol. The number of oxime groups is 1. The van der Waals surface area contributed by atoms with E-state index >= 15 is 0 Å². The number of nitrogens with two attached hydrogens (primary N) is 1. The van der Waals surface area contributed by atoms with Crippen LogP contribution >= 0.6 is 27.3 Å². The largest absolute Gasteiger partial charge is 0.409 e. The first-order chi connectivity index (χ1) is 9.54. The lowest BCUT2D eigenvalue weighted by Crippen LogP contribution is -2.25. The molecule has 2 aromatic rings. The van der Waals surface area contributed by atoms with Crippen LogP contribution in [0.5, 0.6) is 0 Å². The van der Waals surface area contributed by atoms with Gasteiger partial charge in [0.2, 0.25) is 0 Å². The number of amidine groups is 1. The summed E-state index contributed by atoms with van der Waals surface area (Å²) in [6, 6.07) is 10.0. The number of thiophene rings is 1. The Morgan fingerprint density at radius 3 is 2.80 bits per heavy atom. The van der Waals surface area contributed by atoms with Crippen LogP contribution in [-0.4, -0.2) is 18.1 Å². The van der Waals surface area contributed by atoms with Crippen LogP contribution in [0.1, 0.15) is 23.4 Å². The molecule has 0 bridgehead atoms. The fourth-order valence-corrected chi connectivity index (χ4v) is 3.17. The summed E-state index contributed by atoms with van der Waals surface area (Å²) in [5.41, 5.74) is 7.38. The maximum atomic E-state index is 8.92.